The smallest absolute Gasteiger partial charge is 0.426 e. The number of benzene rings is 10. The van der Waals surface area contributed by atoms with Crippen molar-refractivity contribution < 1.29 is 59.1 Å². The second-order valence-electron chi connectivity index (χ2n) is 30.7. The van der Waals surface area contributed by atoms with Gasteiger partial charge in [-0.3, -0.25) is 23.6 Å². The first-order chi connectivity index (χ1) is 53.0. The van der Waals surface area contributed by atoms with E-state index in [9.17, 15) is 22.3 Å². The summed E-state index contributed by atoms with van der Waals surface area (Å²) in [6.45, 7) is 5.87. The summed E-state index contributed by atoms with van der Waals surface area (Å²) in [4.78, 5) is 29.9. The summed E-state index contributed by atoms with van der Waals surface area (Å²) in [5.74, 6) is 1.43. The molecule has 0 spiro atoms. The van der Waals surface area contributed by atoms with Gasteiger partial charge >= 0.3 is 31.9 Å². The van der Waals surface area contributed by atoms with Gasteiger partial charge in [-0.1, -0.05) is 308 Å². The van der Waals surface area contributed by atoms with E-state index in [1.165, 1.54) is 148 Å². The summed E-state index contributed by atoms with van der Waals surface area (Å²) < 4.78 is 82.3. The molecule has 0 saturated heterocycles. The molecule has 0 bridgehead atoms. The van der Waals surface area contributed by atoms with Crippen molar-refractivity contribution in [3.63, 3.8) is 0 Å². The third-order valence-corrected chi connectivity index (χ3v) is 25.2. The van der Waals surface area contributed by atoms with Crippen molar-refractivity contribution in [1.82, 2.24) is 4.31 Å². The molecule has 4 aliphatic rings. The lowest BCUT2D eigenvalue weighted by molar-refractivity contribution is -0.143. The number of ether oxygens (including phenoxy) is 1. The van der Waals surface area contributed by atoms with Crippen LogP contribution >= 0.6 is 15.6 Å². The van der Waals surface area contributed by atoms with Crippen molar-refractivity contribution in [2.75, 3.05) is 14.1 Å². The number of nitrogens with zero attached hydrogens (tertiary/aromatic N) is 1. The zero-order valence-corrected chi connectivity index (χ0v) is 66.9. The van der Waals surface area contributed by atoms with Gasteiger partial charge in [0.1, 0.15) is 23.0 Å². The van der Waals surface area contributed by atoms with Gasteiger partial charge < -0.3 is 18.0 Å². The molecule has 0 radical (unpaired) electrons. The zero-order chi connectivity index (χ0) is 77.6. The minimum Gasteiger partial charge on any atom is -0.426 e. The molecule has 0 atom stereocenters. The van der Waals surface area contributed by atoms with Crippen LogP contribution in [0.25, 0.3) is 0 Å². The van der Waals surface area contributed by atoms with E-state index in [0.29, 0.717) is 17.2 Å². The number of hydrogen-bond donors (Lipinski definition) is 2. The Balaban J connectivity index is 0.000000148. The van der Waals surface area contributed by atoms with E-state index in [4.69, 9.17) is 32.3 Å². The van der Waals surface area contributed by atoms with E-state index in [1.54, 1.807) is 24.3 Å². The molecule has 578 valence electrons. The summed E-state index contributed by atoms with van der Waals surface area (Å²) in [6.07, 6.45) is 23.9. The quantitative estimate of drug-likeness (QED) is 0.0371. The average molecular weight is 1540 g/mol. The van der Waals surface area contributed by atoms with Crippen LogP contribution < -0.4 is 18.0 Å². The van der Waals surface area contributed by atoms with Gasteiger partial charge in [0.15, 0.2) is 0 Å². The Morgan fingerprint density at radius 1 is 0.355 bits per heavy atom. The molecular weight excluding hydrogens is 1430 g/mol. The second kappa shape index (κ2) is 38.0. The monoisotopic (exact) mass is 1540 g/mol. The number of hydrogen-bond acceptors (Lipinski definition) is 11. The summed E-state index contributed by atoms with van der Waals surface area (Å²) in [5.41, 5.74) is 11.8. The number of phosphoric acid groups is 2. The minimum atomic E-state index is -4.51. The summed E-state index contributed by atoms with van der Waals surface area (Å²) in [7, 11) is -9.22. The predicted octanol–water partition coefficient (Wildman–Crippen LogP) is 23.3. The van der Waals surface area contributed by atoms with Crippen LogP contribution in [0.5, 0.6) is 23.0 Å². The molecule has 14 nitrogen and oxygen atoms in total. The molecule has 10 aromatic carbocycles. The van der Waals surface area contributed by atoms with Crippen molar-refractivity contribution >= 4 is 31.9 Å². The molecule has 0 aromatic heterocycles. The van der Waals surface area contributed by atoms with Crippen LogP contribution in [0.4, 0.5) is 0 Å². The van der Waals surface area contributed by atoms with Crippen molar-refractivity contribution in [3.05, 3.63) is 335 Å². The van der Waals surface area contributed by atoms with Crippen molar-refractivity contribution in [3.8, 4) is 23.0 Å². The SMILES string of the molecule is CC(C)(C)C(=O)Oc1ccc(C2(c3ccccc3)CCCCC2)cc1.CN(C)S(=O)(=O)Oc1ccc(C2(c3ccccc3)CCCCC2)cc1.O=P(O)(O)Oc1ccc(C2(c3ccccc3)CCCCC2)cc1.O=P(OCc1ccccc1)(OCc1ccccc1)Oc1ccc(C2(c3ccccc3)CCCCC2)cc1. The van der Waals surface area contributed by atoms with E-state index in [1.807, 2.05) is 142 Å². The highest BCUT2D eigenvalue weighted by molar-refractivity contribution is 7.84. The number of esters is 1. The molecule has 10 aromatic rings. The maximum atomic E-state index is 13.7. The van der Waals surface area contributed by atoms with E-state index in [2.05, 4.69) is 138 Å². The van der Waals surface area contributed by atoms with Crippen LogP contribution in [0.2, 0.25) is 0 Å². The first-order valence-electron chi connectivity index (χ1n) is 38.9. The Labute approximate surface area is 652 Å². The Morgan fingerprint density at radius 2 is 0.600 bits per heavy atom. The number of carbonyl (C=O) groups excluding carboxylic acids is 1. The lowest BCUT2D eigenvalue weighted by Crippen LogP contribution is -2.30. The molecule has 110 heavy (non-hydrogen) atoms. The fourth-order valence-electron chi connectivity index (χ4n) is 16.2. The van der Waals surface area contributed by atoms with Crippen LogP contribution in [-0.4, -0.2) is 42.6 Å². The minimum absolute atomic E-state index is 0.00461. The molecule has 0 unspecified atom stereocenters. The van der Waals surface area contributed by atoms with Crippen LogP contribution in [-0.2, 0) is 68.2 Å². The summed E-state index contributed by atoms with van der Waals surface area (Å²) in [5, 5.41) is 0. The van der Waals surface area contributed by atoms with Gasteiger partial charge in [-0.2, -0.15) is 12.7 Å². The number of phosphoric ester groups is 2. The number of rotatable bonds is 22. The molecule has 0 heterocycles. The third-order valence-electron chi connectivity index (χ3n) is 22.1. The van der Waals surface area contributed by atoms with Gasteiger partial charge in [-0.05, 0) is 176 Å². The van der Waals surface area contributed by atoms with E-state index >= 15 is 0 Å². The van der Waals surface area contributed by atoms with Crippen LogP contribution in [0, 0.1) is 5.41 Å². The predicted molar refractivity (Wildman–Crippen MR) is 439 cm³/mol. The lowest BCUT2D eigenvalue weighted by Gasteiger charge is -2.38. The zero-order valence-electron chi connectivity index (χ0n) is 64.2. The molecule has 0 amide bonds. The van der Waals surface area contributed by atoms with E-state index in [-0.39, 0.29) is 46.6 Å². The highest BCUT2D eigenvalue weighted by Crippen LogP contribution is 2.53. The summed E-state index contributed by atoms with van der Waals surface area (Å²) >= 11 is 0. The van der Waals surface area contributed by atoms with E-state index < -0.39 is 31.4 Å². The maximum Gasteiger partial charge on any atom is 0.530 e. The molecule has 4 fully saturated rings. The van der Waals surface area contributed by atoms with Crippen LogP contribution in [0.3, 0.4) is 0 Å². The van der Waals surface area contributed by atoms with Gasteiger partial charge in [0, 0.05) is 35.8 Å². The van der Waals surface area contributed by atoms with E-state index in [0.717, 1.165) is 54.0 Å². The molecule has 17 heteroatoms. The fourth-order valence-corrected chi connectivity index (χ4v) is 18.3. The normalized spacial score (nSPS) is 16.7. The maximum absolute atomic E-state index is 13.7. The molecule has 2 N–H and O–H groups in total. The van der Waals surface area contributed by atoms with Gasteiger partial charge in [0.2, 0.25) is 0 Å². The highest BCUT2D eigenvalue weighted by Gasteiger charge is 2.40. The van der Waals surface area contributed by atoms with Gasteiger partial charge in [0.05, 0.1) is 18.6 Å². The fraction of sp³-hybridized carbons (Fsp3) is 0.344. The van der Waals surface area contributed by atoms with Gasteiger partial charge in [-0.15, -0.1) is 0 Å². The Kier molecular flexibility index (Phi) is 28.4. The van der Waals surface area contributed by atoms with Crippen molar-refractivity contribution in [1.29, 1.82) is 0 Å². The first kappa shape index (κ1) is 82.2. The standard InChI is InChI=1S/C32H33O4P.C23H28O2.C20H25NO3S.C18H21O4P/c33-37(34-25-27-13-5-1-6-14-27,35-26-28-15-7-2-8-16-28)36-31-21-19-30(20-22-31)32(23-11-4-12-24-32)29-17-9-3-10-18-29;1-22(2,3)21(24)25-20-14-12-19(13-15-20)23(16-8-5-9-17-23)18-10-6-4-7-11-18;1-21(2)25(22,23)24-19-13-11-18(12-14-19)20(15-7-4-8-16-20)17-9-5-3-6-10-17;19-23(20,21)22-17-11-9-16(10-12-17)18(13-5-2-6-14-18)15-7-3-1-4-8-15/h1-3,5-10,13-22H,4,11-12,23-26H2;4,6-7,10-15H,5,8-9,16-17H2,1-3H3;3,5-6,9-14H,4,7-8,15-16H2,1-2H3;1,3-4,7-12H,2,5-6,13-14H2,(H2,19,20,21). The molecule has 14 rings (SSSR count). The highest BCUT2D eigenvalue weighted by atomic mass is 32.2. The molecule has 4 aliphatic carbocycles. The third kappa shape index (κ3) is 21.7. The average Bonchev–Trinajstić information content (AvgIpc) is 0.789. The molecular formula is C93H107NO13P2S. The van der Waals surface area contributed by atoms with Crippen LogP contribution in [0.1, 0.15) is 205 Å². The van der Waals surface area contributed by atoms with Gasteiger partial charge in [0.25, 0.3) is 0 Å². The number of carbonyl (C=O) groups is 1. The largest absolute Gasteiger partial charge is 0.530 e. The lowest BCUT2D eigenvalue weighted by atomic mass is 9.65. The van der Waals surface area contributed by atoms with Gasteiger partial charge in [-0.25, -0.2) is 9.13 Å². The first-order valence-corrected chi connectivity index (χ1v) is 43.3. The second-order valence-corrected chi connectivity index (χ2v) is 35.2. The molecule has 0 aliphatic heterocycles. The Hall–Kier alpha value is -8.72. The van der Waals surface area contributed by atoms with Crippen molar-refractivity contribution in [2.24, 2.45) is 5.41 Å². The van der Waals surface area contributed by atoms with Crippen molar-refractivity contribution in [2.45, 2.75) is 184 Å². The molecule has 4 saturated carbocycles. The Morgan fingerprint density at radius 3 is 0.864 bits per heavy atom. The topological polar surface area (TPSA) is 184 Å². The van der Waals surface area contributed by atoms with Crippen LogP contribution in [0.15, 0.2) is 279 Å². The Bertz CT molecular complexity index is 4610. The summed E-state index contributed by atoms with van der Waals surface area (Å²) in [6, 6.07) is 92.8.